The van der Waals surface area contributed by atoms with Gasteiger partial charge < -0.3 is 20.3 Å². The van der Waals surface area contributed by atoms with Gasteiger partial charge in [-0.05, 0) is 38.8 Å². The van der Waals surface area contributed by atoms with Crippen LogP contribution in [0, 0.1) is 5.41 Å². The van der Waals surface area contributed by atoms with Crippen molar-refractivity contribution in [1.29, 1.82) is 0 Å². The van der Waals surface area contributed by atoms with Crippen molar-refractivity contribution in [3.8, 4) is 0 Å². The Morgan fingerprint density at radius 1 is 1.06 bits per heavy atom. The zero-order chi connectivity index (χ0) is 11.5. The average Bonchev–Trinajstić information content (AvgIpc) is 2.56. The fourth-order valence-corrected chi connectivity index (χ4v) is 3.14. The number of hydrogen-bond donors (Lipinski definition) is 3. The van der Waals surface area contributed by atoms with Crippen LogP contribution in [-0.2, 0) is 4.74 Å². The molecule has 1 atom stereocenters. The first-order valence-corrected chi connectivity index (χ1v) is 6.34. The van der Waals surface area contributed by atoms with E-state index in [9.17, 15) is 10.2 Å². The summed E-state index contributed by atoms with van der Waals surface area (Å²) in [6, 6.07) is 0. The standard InChI is InChI=1S/C12H23NO3/c14-10-11(3-6-13-7-4-11)12(15)2-1-8-16-9-5-12/h13-15H,1-10H2. The minimum atomic E-state index is -0.736. The Labute approximate surface area is 97.0 Å². The van der Waals surface area contributed by atoms with Crippen LogP contribution in [0.2, 0.25) is 0 Å². The molecule has 4 nitrogen and oxygen atoms in total. The summed E-state index contributed by atoms with van der Waals surface area (Å²) in [5.41, 5.74) is -1.05. The maximum atomic E-state index is 10.9. The van der Waals surface area contributed by atoms with Crippen LogP contribution >= 0.6 is 0 Å². The lowest BCUT2D eigenvalue weighted by Gasteiger charge is -2.48. The molecule has 2 aliphatic rings. The van der Waals surface area contributed by atoms with Crippen LogP contribution in [0.15, 0.2) is 0 Å². The number of aliphatic hydroxyl groups is 2. The minimum Gasteiger partial charge on any atom is -0.396 e. The van der Waals surface area contributed by atoms with Crippen LogP contribution in [0.1, 0.15) is 32.1 Å². The van der Waals surface area contributed by atoms with E-state index in [4.69, 9.17) is 4.74 Å². The minimum absolute atomic E-state index is 0.0885. The van der Waals surface area contributed by atoms with Gasteiger partial charge in [0.15, 0.2) is 0 Å². The Kier molecular flexibility index (Phi) is 3.85. The second-order valence-electron chi connectivity index (χ2n) is 5.19. The SMILES string of the molecule is OCC1(C2(O)CCCOCC2)CCNCC1. The van der Waals surface area contributed by atoms with E-state index in [1.54, 1.807) is 0 Å². The highest BCUT2D eigenvalue weighted by Gasteiger charge is 2.49. The van der Waals surface area contributed by atoms with Gasteiger partial charge >= 0.3 is 0 Å². The number of rotatable bonds is 2. The first kappa shape index (κ1) is 12.3. The first-order chi connectivity index (χ1) is 7.72. The van der Waals surface area contributed by atoms with Crippen LogP contribution in [0.5, 0.6) is 0 Å². The lowest BCUT2D eigenvalue weighted by molar-refractivity contribution is -0.133. The highest BCUT2D eigenvalue weighted by atomic mass is 16.5. The van der Waals surface area contributed by atoms with Crippen molar-refractivity contribution in [3.05, 3.63) is 0 Å². The van der Waals surface area contributed by atoms with Gasteiger partial charge in [0.2, 0.25) is 0 Å². The predicted octanol–water partition coefficient (Wildman–Crippen LogP) is 0.280. The van der Waals surface area contributed by atoms with Crippen molar-refractivity contribution in [1.82, 2.24) is 5.32 Å². The molecule has 0 spiro atoms. The smallest absolute Gasteiger partial charge is 0.0749 e. The Balaban J connectivity index is 2.16. The molecular formula is C12H23NO3. The van der Waals surface area contributed by atoms with Crippen molar-refractivity contribution < 1.29 is 14.9 Å². The molecule has 2 heterocycles. The van der Waals surface area contributed by atoms with Gasteiger partial charge in [-0.3, -0.25) is 0 Å². The Hall–Kier alpha value is -0.160. The van der Waals surface area contributed by atoms with E-state index < -0.39 is 5.60 Å². The van der Waals surface area contributed by atoms with E-state index in [0.29, 0.717) is 13.0 Å². The van der Waals surface area contributed by atoms with Gasteiger partial charge in [0.25, 0.3) is 0 Å². The third-order valence-corrected chi connectivity index (χ3v) is 4.39. The van der Waals surface area contributed by atoms with Crippen LogP contribution in [-0.4, -0.2) is 48.7 Å². The van der Waals surface area contributed by atoms with E-state index in [2.05, 4.69) is 5.32 Å². The van der Waals surface area contributed by atoms with E-state index in [0.717, 1.165) is 45.4 Å². The first-order valence-electron chi connectivity index (χ1n) is 6.34. The Bertz CT molecular complexity index is 218. The van der Waals surface area contributed by atoms with Gasteiger partial charge in [0.1, 0.15) is 0 Å². The zero-order valence-corrected chi connectivity index (χ0v) is 9.87. The molecule has 1 unspecified atom stereocenters. The molecule has 0 radical (unpaired) electrons. The molecule has 0 aliphatic carbocycles. The topological polar surface area (TPSA) is 61.7 Å². The lowest BCUT2D eigenvalue weighted by atomic mass is 9.63. The second-order valence-corrected chi connectivity index (χ2v) is 5.19. The molecule has 2 fully saturated rings. The summed E-state index contributed by atoms with van der Waals surface area (Å²) >= 11 is 0. The van der Waals surface area contributed by atoms with Gasteiger partial charge in [-0.15, -0.1) is 0 Å². The van der Waals surface area contributed by atoms with E-state index >= 15 is 0 Å². The lowest BCUT2D eigenvalue weighted by Crippen LogP contribution is -2.55. The fraction of sp³-hybridized carbons (Fsp3) is 1.00. The Morgan fingerprint density at radius 2 is 1.81 bits per heavy atom. The van der Waals surface area contributed by atoms with Crippen molar-refractivity contribution in [2.45, 2.75) is 37.7 Å². The van der Waals surface area contributed by atoms with Gasteiger partial charge in [-0.25, -0.2) is 0 Å². The van der Waals surface area contributed by atoms with Crippen molar-refractivity contribution in [2.75, 3.05) is 32.9 Å². The van der Waals surface area contributed by atoms with Crippen molar-refractivity contribution >= 4 is 0 Å². The molecule has 0 aromatic carbocycles. The third kappa shape index (κ3) is 2.12. The molecule has 0 amide bonds. The predicted molar refractivity (Wildman–Crippen MR) is 61.2 cm³/mol. The normalized spacial score (nSPS) is 35.6. The molecule has 2 saturated heterocycles. The number of aliphatic hydroxyl groups excluding tert-OH is 1. The fourth-order valence-electron chi connectivity index (χ4n) is 3.14. The molecule has 2 rings (SSSR count). The molecule has 0 saturated carbocycles. The maximum absolute atomic E-state index is 10.9. The van der Waals surface area contributed by atoms with E-state index in [1.165, 1.54) is 0 Å². The summed E-state index contributed by atoms with van der Waals surface area (Å²) in [7, 11) is 0. The van der Waals surface area contributed by atoms with Gasteiger partial charge in [0, 0.05) is 25.0 Å². The largest absolute Gasteiger partial charge is 0.396 e. The highest BCUT2D eigenvalue weighted by molar-refractivity contribution is 5.01. The highest BCUT2D eigenvalue weighted by Crippen LogP contribution is 2.45. The van der Waals surface area contributed by atoms with Crippen LogP contribution in [0.25, 0.3) is 0 Å². The third-order valence-electron chi connectivity index (χ3n) is 4.39. The van der Waals surface area contributed by atoms with Gasteiger partial charge in [0.05, 0.1) is 12.2 Å². The number of hydrogen-bond acceptors (Lipinski definition) is 4. The molecule has 3 N–H and O–H groups in total. The molecular weight excluding hydrogens is 206 g/mol. The molecule has 0 aromatic rings. The zero-order valence-electron chi connectivity index (χ0n) is 9.87. The summed E-state index contributed by atoms with van der Waals surface area (Å²) in [5.74, 6) is 0. The summed E-state index contributed by atoms with van der Waals surface area (Å²) in [5, 5.41) is 23.9. The number of nitrogens with one attached hydrogen (secondary N) is 1. The van der Waals surface area contributed by atoms with E-state index in [-0.39, 0.29) is 12.0 Å². The van der Waals surface area contributed by atoms with Crippen LogP contribution in [0.3, 0.4) is 0 Å². The summed E-state index contributed by atoms with van der Waals surface area (Å²) in [6.07, 6.45) is 4.03. The maximum Gasteiger partial charge on any atom is 0.0749 e. The molecule has 2 aliphatic heterocycles. The number of piperidine rings is 1. The van der Waals surface area contributed by atoms with Crippen molar-refractivity contribution in [2.24, 2.45) is 5.41 Å². The summed E-state index contributed by atoms with van der Waals surface area (Å²) in [4.78, 5) is 0. The Morgan fingerprint density at radius 3 is 2.50 bits per heavy atom. The molecule has 0 aromatic heterocycles. The quantitative estimate of drug-likeness (QED) is 0.636. The van der Waals surface area contributed by atoms with Gasteiger partial charge in [-0.2, -0.15) is 0 Å². The van der Waals surface area contributed by atoms with Crippen LogP contribution in [0.4, 0.5) is 0 Å². The summed E-state index contributed by atoms with van der Waals surface area (Å²) < 4.78 is 5.41. The number of ether oxygens (including phenoxy) is 1. The monoisotopic (exact) mass is 229 g/mol. The van der Waals surface area contributed by atoms with E-state index in [1.807, 2.05) is 0 Å². The van der Waals surface area contributed by atoms with Crippen molar-refractivity contribution in [3.63, 3.8) is 0 Å². The molecule has 94 valence electrons. The second kappa shape index (κ2) is 5.00. The molecule has 0 bridgehead atoms. The molecule has 4 heteroatoms. The summed E-state index contributed by atoms with van der Waals surface area (Å²) in [6.45, 7) is 3.23. The van der Waals surface area contributed by atoms with Gasteiger partial charge in [-0.1, -0.05) is 0 Å². The molecule has 16 heavy (non-hydrogen) atoms. The van der Waals surface area contributed by atoms with Crippen LogP contribution < -0.4 is 5.32 Å². The average molecular weight is 229 g/mol.